The first-order valence-corrected chi connectivity index (χ1v) is 5.73. The minimum atomic E-state index is -0.164. The molecule has 1 aromatic heterocycles. The zero-order chi connectivity index (χ0) is 11.5. The maximum Gasteiger partial charge on any atom is 0.147 e. The van der Waals surface area contributed by atoms with Gasteiger partial charge in [-0.1, -0.05) is 0 Å². The maximum atomic E-state index is 13.8. The highest BCUT2D eigenvalue weighted by molar-refractivity contribution is 5.23. The van der Waals surface area contributed by atoms with Gasteiger partial charge in [-0.2, -0.15) is 5.26 Å². The summed E-state index contributed by atoms with van der Waals surface area (Å²) < 4.78 is 13.8. The third kappa shape index (κ3) is 2.06. The topological polar surface area (TPSA) is 36.7 Å². The molecule has 0 spiro atoms. The normalized spacial score (nSPS) is 25.1. The molecule has 3 heteroatoms. The van der Waals surface area contributed by atoms with E-state index in [1.807, 2.05) is 0 Å². The van der Waals surface area contributed by atoms with Gasteiger partial charge in [-0.05, 0) is 50.2 Å². The van der Waals surface area contributed by atoms with Gasteiger partial charge in [0.25, 0.3) is 0 Å². The number of pyridine rings is 1. The van der Waals surface area contributed by atoms with Crippen LogP contribution in [0, 0.1) is 30.0 Å². The van der Waals surface area contributed by atoms with Crippen molar-refractivity contribution < 1.29 is 4.39 Å². The van der Waals surface area contributed by atoms with Gasteiger partial charge in [0.1, 0.15) is 5.82 Å². The van der Waals surface area contributed by atoms with Crippen LogP contribution in [0.1, 0.15) is 42.9 Å². The second-order valence-corrected chi connectivity index (χ2v) is 4.48. The van der Waals surface area contributed by atoms with E-state index < -0.39 is 0 Å². The van der Waals surface area contributed by atoms with Gasteiger partial charge in [0, 0.05) is 12.1 Å². The molecule has 0 amide bonds. The van der Waals surface area contributed by atoms with Crippen molar-refractivity contribution in [2.24, 2.45) is 5.92 Å². The number of rotatable bonds is 1. The van der Waals surface area contributed by atoms with Gasteiger partial charge in [-0.15, -0.1) is 0 Å². The SMILES string of the molecule is Cc1nccc(C2CCC(C#N)CC2)c1F. The number of aromatic nitrogens is 1. The highest BCUT2D eigenvalue weighted by Gasteiger charge is 2.24. The van der Waals surface area contributed by atoms with Crippen molar-refractivity contribution in [3.63, 3.8) is 0 Å². The molecule has 1 aliphatic carbocycles. The van der Waals surface area contributed by atoms with E-state index in [-0.39, 0.29) is 17.7 Å². The summed E-state index contributed by atoms with van der Waals surface area (Å²) in [5, 5.41) is 8.81. The van der Waals surface area contributed by atoms with Crippen LogP contribution in [0.15, 0.2) is 12.3 Å². The number of hydrogen-bond acceptors (Lipinski definition) is 2. The lowest BCUT2D eigenvalue weighted by atomic mass is 9.79. The number of aryl methyl sites for hydroxylation is 1. The van der Waals surface area contributed by atoms with Crippen molar-refractivity contribution in [1.29, 1.82) is 5.26 Å². The fraction of sp³-hybridized carbons (Fsp3) is 0.538. The summed E-state index contributed by atoms with van der Waals surface area (Å²) in [5.74, 6) is 0.274. The first-order valence-electron chi connectivity index (χ1n) is 5.73. The van der Waals surface area contributed by atoms with Gasteiger partial charge in [-0.25, -0.2) is 4.39 Å². The van der Waals surface area contributed by atoms with Gasteiger partial charge in [0.15, 0.2) is 0 Å². The predicted octanol–water partition coefficient (Wildman–Crippen LogP) is 3.33. The second-order valence-electron chi connectivity index (χ2n) is 4.48. The number of nitriles is 1. The van der Waals surface area contributed by atoms with E-state index in [1.54, 1.807) is 19.2 Å². The molecule has 84 valence electrons. The van der Waals surface area contributed by atoms with E-state index in [2.05, 4.69) is 11.1 Å². The molecule has 0 radical (unpaired) electrons. The van der Waals surface area contributed by atoms with Crippen molar-refractivity contribution in [1.82, 2.24) is 4.98 Å². The Balaban J connectivity index is 2.15. The zero-order valence-electron chi connectivity index (χ0n) is 9.41. The quantitative estimate of drug-likeness (QED) is 0.725. The van der Waals surface area contributed by atoms with Crippen molar-refractivity contribution in [2.75, 3.05) is 0 Å². The lowest BCUT2D eigenvalue weighted by Gasteiger charge is -2.25. The van der Waals surface area contributed by atoms with Crippen LogP contribution in [0.2, 0.25) is 0 Å². The van der Waals surface area contributed by atoms with E-state index in [0.717, 1.165) is 31.2 Å². The van der Waals surface area contributed by atoms with Gasteiger partial charge >= 0.3 is 0 Å². The van der Waals surface area contributed by atoms with Crippen LogP contribution in [0.5, 0.6) is 0 Å². The molecule has 1 heterocycles. The Kier molecular flexibility index (Phi) is 3.19. The van der Waals surface area contributed by atoms with Crippen molar-refractivity contribution in [2.45, 2.75) is 38.5 Å². The Morgan fingerprint density at radius 1 is 1.38 bits per heavy atom. The highest BCUT2D eigenvalue weighted by Crippen LogP contribution is 2.36. The number of halogens is 1. The van der Waals surface area contributed by atoms with Gasteiger partial charge in [0.05, 0.1) is 11.8 Å². The molecule has 2 rings (SSSR count). The molecular weight excluding hydrogens is 203 g/mol. The maximum absolute atomic E-state index is 13.8. The first kappa shape index (κ1) is 11.1. The summed E-state index contributed by atoms with van der Waals surface area (Å²) in [4.78, 5) is 3.94. The lowest BCUT2D eigenvalue weighted by molar-refractivity contribution is 0.373. The number of hydrogen-bond donors (Lipinski definition) is 0. The summed E-state index contributed by atoms with van der Waals surface area (Å²) in [6.45, 7) is 1.69. The van der Waals surface area contributed by atoms with E-state index in [1.165, 1.54) is 0 Å². The second kappa shape index (κ2) is 4.61. The highest BCUT2D eigenvalue weighted by atomic mass is 19.1. The molecule has 1 saturated carbocycles. The molecule has 16 heavy (non-hydrogen) atoms. The average molecular weight is 218 g/mol. The van der Waals surface area contributed by atoms with Crippen LogP contribution < -0.4 is 0 Å². The molecule has 0 unspecified atom stereocenters. The Hall–Kier alpha value is -1.43. The molecule has 0 aromatic carbocycles. The Morgan fingerprint density at radius 3 is 2.69 bits per heavy atom. The molecule has 0 bridgehead atoms. The smallest absolute Gasteiger partial charge is 0.147 e. The number of nitrogens with zero attached hydrogens (tertiary/aromatic N) is 2. The van der Waals surface area contributed by atoms with Gasteiger partial charge in [-0.3, -0.25) is 4.98 Å². The van der Waals surface area contributed by atoms with Crippen LogP contribution in [-0.4, -0.2) is 4.98 Å². The molecule has 1 fully saturated rings. The largest absolute Gasteiger partial charge is 0.259 e. The predicted molar refractivity (Wildman–Crippen MR) is 59.2 cm³/mol. The molecule has 0 saturated heterocycles. The lowest BCUT2D eigenvalue weighted by Crippen LogP contribution is -2.13. The third-order valence-electron chi connectivity index (χ3n) is 3.44. The first-order chi connectivity index (χ1) is 7.72. The molecule has 2 nitrogen and oxygen atoms in total. The molecule has 0 aliphatic heterocycles. The van der Waals surface area contributed by atoms with Crippen LogP contribution in [-0.2, 0) is 0 Å². The van der Waals surface area contributed by atoms with Crippen molar-refractivity contribution in [3.05, 3.63) is 29.3 Å². The molecule has 0 N–H and O–H groups in total. The Bertz CT molecular complexity index is 414. The van der Waals surface area contributed by atoms with Crippen molar-refractivity contribution >= 4 is 0 Å². The van der Waals surface area contributed by atoms with E-state index >= 15 is 0 Å². The van der Waals surface area contributed by atoms with E-state index in [4.69, 9.17) is 5.26 Å². The Labute approximate surface area is 95.1 Å². The third-order valence-corrected chi connectivity index (χ3v) is 3.44. The molecule has 1 aromatic rings. The summed E-state index contributed by atoms with van der Waals surface area (Å²) in [7, 11) is 0. The van der Waals surface area contributed by atoms with E-state index in [0.29, 0.717) is 5.69 Å². The summed E-state index contributed by atoms with van der Waals surface area (Å²) in [5.41, 5.74) is 1.25. The summed E-state index contributed by atoms with van der Waals surface area (Å²) in [6, 6.07) is 4.07. The van der Waals surface area contributed by atoms with Crippen LogP contribution >= 0.6 is 0 Å². The monoisotopic (exact) mass is 218 g/mol. The fourth-order valence-electron chi connectivity index (χ4n) is 2.42. The minimum absolute atomic E-state index is 0.164. The summed E-state index contributed by atoms with van der Waals surface area (Å²) >= 11 is 0. The van der Waals surface area contributed by atoms with Crippen LogP contribution in [0.25, 0.3) is 0 Å². The standard InChI is InChI=1S/C13H15FN2/c1-9-13(14)12(6-7-16-9)11-4-2-10(8-15)3-5-11/h6-7,10-11H,2-5H2,1H3. The summed E-state index contributed by atoms with van der Waals surface area (Å²) in [6.07, 6.45) is 5.28. The fourth-order valence-corrected chi connectivity index (χ4v) is 2.42. The van der Waals surface area contributed by atoms with E-state index in [9.17, 15) is 4.39 Å². The zero-order valence-corrected chi connectivity index (χ0v) is 9.41. The van der Waals surface area contributed by atoms with Crippen molar-refractivity contribution in [3.8, 4) is 6.07 Å². The minimum Gasteiger partial charge on any atom is -0.259 e. The Morgan fingerprint density at radius 2 is 2.06 bits per heavy atom. The molecule has 1 aliphatic rings. The average Bonchev–Trinajstić information content (AvgIpc) is 2.33. The van der Waals surface area contributed by atoms with Crippen LogP contribution in [0.4, 0.5) is 4.39 Å². The molecule has 0 atom stereocenters. The van der Waals surface area contributed by atoms with Gasteiger partial charge in [0.2, 0.25) is 0 Å². The van der Waals surface area contributed by atoms with Gasteiger partial charge < -0.3 is 0 Å². The molecular formula is C13H15FN2. The van der Waals surface area contributed by atoms with Crippen LogP contribution in [0.3, 0.4) is 0 Å².